The quantitative estimate of drug-likeness (QED) is 0.606. The summed E-state index contributed by atoms with van der Waals surface area (Å²) in [5.74, 6) is -2.34. The number of allylic oxidation sites excluding steroid dienone is 2. The van der Waals surface area contributed by atoms with Crippen molar-refractivity contribution in [2.75, 3.05) is 0 Å². The highest BCUT2D eigenvalue weighted by Gasteiger charge is 2.61. The third kappa shape index (κ3) is 1.50. The molecule has 5 nitrogen and oxygen atoms in total. The molecular weight excluding hydrogens is 246 g/mol. The Hall–Kier alpha value is -1.65. The van der Waals surface area contributed by atoms with Crippen molar-refractivity contribution >= 4 is 17.8 Å². The first-order valence-electron chi connectivity index (χ1n) is 6.71. The van der Waals surface area contributed by atoms with Crippen LogP contribution in [0.2, 0.25) is 0 Å². The number of imide groups is 1. The van der Waals surface area contributed by atoms with Crippen LogP contribution in [0.3, 0.4) is 0 Å². The molecule has 0 unspecified atom stereocenters. The zero-order valence-electron chi connectivity index (χ0n) is 10.9. The van der Waals surface area contributed by atoms with Crippen LogP contribution in [0.5, 0.6) is 0 Å². The largest absolute Gasteiger partial charge is 0.480 e. The zero-order chi connectivity index (χ0) is 13.9. The van der Waals surface area contributed by atoms with E-state index < -0.39 is 12.0 Å². The van der Waals surface area contributed by atoms with Crippen molar-refractivity contribution in [1.29, 1.82) is 0 Å². The summed E-state index contributed by atoms with van der Waals surface area (Å²) in [5.41, 5.74) is 0. The van der Waals surface area contributed by atoms with Crippen LogP contribution in [0.25, 0.3) is 0 Å². The van der Waals surface area contributed by atoms with Crippen molar-refractivity contribution in [2.24, 2.45) is 29.6 Å². The molecule has 2 aliphatic carbocycles. The summed E-state index contributed by atoms with van der Waals surface area (Å²) >= 11 is 0. The molecule has 1 heterocycles. The molecule has 0 radical (unpaired) electrons. The van der Waals surface area contributed by atoms with Gasteiger partial charge in [0.1, 0.15) is 6.04 Å². The number of carbonyl (C=O) groups is 3. The van der Waals surface area contributed by atoms with Crippen molar-refractivity contribution in [2.45, 2.75) is 26.3 Å². The van der Waals surface area contributed by atoms with E-state index in [0.29, 0.717) is 0 Å². The maximum absolute atomic E-state index is 12.4. The Morgan fingerprint density at radius 2 is 1.68 bits per heavy atom. The van der Waals surface area contributed by atoms with Crippen LogP contribution in [-0.4, -0.2) is 33.8 Å². The fraction of sp³-hybridized carbons (Fsp3) is 0.643. The van der Waals surface area contributed by atoms with E-state index in [-0.39, 0.29) is 41.4 Å². The smallest absolute Gasteiger partial charge is 0.327 e. The van der Waals surface area contributed by atoms with Gasteiger partial charge in [-0.1, -0.05) is 26.0 Å². The number of nitrogens with zero attached hydrogens (tertiary/aromatic N) is 1. The first-order valence-corrected chi connectivity index (χ1v) is 6.71. The lowest BCUT2D eigenvalue weighted by Gasteiger charge is -2.27. The third-order valence-electron chi connectivity index (χ3n) is 4.67. The van der Waals surface area contributed by atoms with Crippen LogP contribution in [0.1, 0.15) is 20.3 Å². The molecule has 102 valence electrons. The van der Waals surface area contributed by atoms with Crippen molar-refractivity contribution in [1.82, 2.24) is 4.90 Å². The summed E-state index contributed by atoms with van der Waals surface area (Å²) in [6.07, 6.45) is 4.87. The van der Waals surface area contributed by atoms with Crippen molar-refractivity contribution in [3.8, 4) is 0 Å². The second kappa shape index (κ2) is 3.92. The summed E-state index contributed by atoms with van der Waals surface area (Å²) in [6.45, 7) is 3.45. The Bertz CT molecular complexity index is 466. The molecule has 0 spiro atoms. The van der Waals surface area contributed by atoms with Crippen molar-refractivity contribution in [3.05, 3.63) is 12.2 Å². The van der Waals surface area contributed by atoms with E-state index >= 15 is 0 Å². The second-order valence-electron chi connectivity index (χ2n) is 6.07. The predicted molar refractivity (Wildman–Crippen MR) is 65.8 cm³/mol. The van der Waals surface area contributed by atoms with Crippen LogP contribution >= 0.6 is 0 Å². The van der Waals surface area contributed by atoms with Crippen LogP contribution in [-0.2, 0) is 14.4 Å². The van der Waals surface area contributed by atoms with Crippen molar-refractivity contribution in [3.63, 3.8) is 0 Å². The number of rotatable bonds is 3. The third-order valence-corrected chi connectivity index (χ3v) is 4.67. The fourth-order valence-electron chi connectivity index (χ4n) is 3.89. The molecule has 5 heteroatoms. The highest BCUT2D eigenvalue weighted by Crippen LogP contribution is 2.53. The van der Waals surface area contributed by atoms with Crippen LogP contribution < -0.4 is 0 Å². The lowest BCUT2D eigenvalue weighted by molar-refractivity contribution is -0.157. The highest BCUT2D eigenvalue weighted by molar-refractivity contribution is 6.08. The van der Waals surface area contributed by atoms with Gasteiger partial charge in [-0.3, -0.25) is 14.5 Å². The topological polar surface area (TPSA) is 74.7 Å². The lowest BCUT2D eigenvalue weighted by atomic mass is 9.85. The first-order chi connectivity index (χ1) is 8.93. The zero-order valence-corrected chi connectivity index (χ0v) is 10.9. The Morgan fingerprint density at radius 1 is 1.21 bits per heavy atom. The van der Waals surface area contributed by atoms with Crippen LogP contribution in [0.4, 0.5) is 0 Å². The minimum Gasteiger partial charge on any atom is -0.480 e. The number of carboxylic acids is 1. The summed E-state index contributed by atoms with van der Waals surface area (Å²) in [7, 11) is 0. The van der Waals surface area contributed by atoms with Gasteiger partial charge in [-0.25, -0.2) is 4.79 Å². The molecule has 3 rings (SSSR count). The van der Waals surface area contributed by atoms with Gasteiger partial charge in [-0.05, 0) is 24.2 Å². The standard InChI is InChI=1S/C14H17NO4/c1-6(2)11(14(18)19)15-12(16)9-7-3-4-8(5-7)10(9)13(15)17/h3-4,6-11H,5H2,1-2H3,(H,18,19)/t7-,8+,9-,10-,11+/m0/s1. The van der Waals surface area contributed by atoms with E-state index in [2.05, 4.69) is 0 Å². The number of amides is 2. The van der Waals surface area contributed by atoms with Gasteiger partial charge in [0.15, 0.2) is 0 Å². The van der Waals surface area contributed by atoms with E-state index in [1.54, 1.807) is 13.8 Å². The molecule has 0 aromatic carbocycles. The van der Waals surface area contributed by atoms with Gasteiger partial charge in [-0.2, -0.15) is 0 Å². The predicted octanol–water partition coefficient (Wildman–Crippen LogP) is 0.903. The van der Waals surface area contributed by atoms with Crippen molar-refractivity contribution < 1.29 is 19.5 Å². The number of hydrogen-bond donors (Lipinski definition) is 1. The number of carbonyl (C=O) groups excluding carboxylic acids is 2. The highest BCUT2D eigenvalue weighted by atomic mass is 16.4. The molecule has 0 aromatic heterocycles. The minimum absolute atomic E-state index is 0.123. The van der Waals surface area contributed by atoms with E-state index in [9.17, 15) is 19.5 Å². The van der Waals surface area contributed by atoms with E-state index in [0.717, 1.165) is 11.3 Å². The summed E-state index contributed by atoms with van der Waals surface area (Å²) in [5, 5.41) is 9.29. The fourth-order valence-corrected chi connectivity index (χ4v) is 3.89. The molecule has 5 atom stereocenters. The lowest BCUT2D eigenvalue weighted by Crippen LogP contribution is -2.49. The summed E-state index contributed by atoms with van der Waals surface area (Å²) in [6, 6.07) is -1.04. The maximum Gasteiger partial charge on any atom is 0.327 e. The number of fused-ring (bicyclic) bond motifs is 5. The monoisotopic (exact) mass is 263 g/mol. The average Bonchev–Trinajstić information content (AvgIpc) is 2.97. The molecule has 1 aliphatic heterocycles. The van der Waals surface area contributed by atoms with Gasteiger partial charge < -0.3 is 5.11 Å². The molecular formula is C14H17NO4. The average molecular weight is 263 g/mol. The summed E-state index contributed by atoms with van der Waals surface area (Å²) in [4.78, 5) is 37.3. The first kappa shape index (κ1) is 12.4. The van der Waals surface area contributed by atoms with E-state index in [1.807, 2.05) is 12.2 Å². The molecule has 2 fully saturated rings. The van der Waals surface area contributed by atoms with Gasteiger partial charge in [0.05, 0.1) is 11.8 Å². The van der Waals surface area contributed by atoms with E-state index in [1.165, 1.54) is 0 Å². The molecule has 1 N–H and O–H groups in total. The molecule has 0 aromatic rings. The Kier molecular flexibility index (Phi) is 2.56. The van der Waals surface area contributed by atoms with Gasteiger partial charge in [0, 0.05) is 0 Å². The molecule has 1 saturated heterocycles. The van der Waals surface area contributed by atoms with Crippen LogP contribution in [0.15, 0.2) is 12.2 Å². The maximum atomic E-state index is 12.4. The molecule has 19 heavy (non-hydrogen) atoms. The SMILES string of the molecule is CC(C)[C@H](C(=O)O)N1C(=O)[C@@H]2[C@@H](C1=O)[C@H]1C=C[C@@H]2C1. The van der Waals surface area contributed by atoms with Gasteiger partial charge >= 0.3 is 5.97 Å². The van der Waals surface area contributed by atoms with Gasteiger partial charge in [0.25, 0.3) is 0 Å². The Morgan fingerprint density at radius 3 is 2.05 bits per heavy atom. The molecule has 2 bridgehead atoms. The normalized spacial score (nSPS) is 37.3. The number of aliphatic carboxylic acids is 1. The molecule has 3 aliphatic rings. The summed E-state index contributed by atoms with van der Waals surface area (Å²) < 4.78 is 0. The Labute approximate surface area is 111 Å². The molecule has 1 saturated carbocycles. The number of likely N-dealkylation sites (tertiary alicyclic amines) is 1. The second-order valence-corrected chi connectivity index (χ2v) is 6.07. The molecule has 2 amide bonds. The minimum atomic E-state index is -1.10. The van der Waals surface area contributed by atoms with Gasteiger partial charge in [-0.15, -0.1) is 0 Å². The number of hydrogen-bond acceptors (Lipinski definition) is 3. The van der Waals surface area contributed by atoms with Gasteiger partial charge in [0.2, 0.25) is 11.8 Å². The number of carboxylic acid groups (broad SMARTS) is 1. The van der Waals surface area contributed by atoms with Crippen LogP contribution in [0, 0.1) is 29.6 Å². The van der Waals surface area contributed by atoms with E-state index in [4.69, 9.17) is 0 Å². The Balaban J connectivity index is 1.96.